The number of carbonyl (C=O) groups is 1. The summed E-state index contributed by atoms with van der Waals surface area (Å²) in [5.74, 6) is -0.673. The molecule has 3 nitrogen and oxygen atoms in total. The van der Waals surface area contributed by atoms with E-state index in [4.69, 9.17) is 0 Å². The lowest BCUT2D eigenvalue weighted by Gasteiger charge is -2.18. The van der Waals surface area contributed by atoms with E-state index in [9.17, 15) is 9.18 Å². The van der Waals surface area contributed by atoms with Crippen molar-refractivity contribution in [1.82, 2.24) is 4.98 Å². The van der Waals surface area contributed by atoms with Crippen LogP contribution in [0.25, 0.3) is 10.9 Å². The second-order valence-corrected chi connectivity index (χ2v) is 6.97. The summed E-state index contributed by atoms with van der Waals surface area (Å²) >= 11 is 0. The molecule has 0 saturated heterocycles. The minimum Gasteiger partial charge on any atom is -0.324 e. The van der Waals surface area contributed by atoms with Gasteiger partial charge in [0.25, 0.3) is 0 Å². The highest BCUT2D eigenvalue weighted by Gasteiger charge is 2.20. The summed E-state index contributed by atoms with van der Waals surface area (Å²) in [4.78, 5) is 17.1. The summed E-state index contributed by atoms with van der Waals surface area (Å²) < 4.78 is 13.9. The molecule has 0 spiro atoms. The minimum absolute atomic E-state index is 0.0810. The van der Waals surface area contributed by atoms with Gasteiger partial charge in [0.05, 0.1) is 11.9 Å². The highest BCUT2D eigenvalue weighted by Crippen LogP contribution is 2.26. The summed E-state index contributed by atoms with van der Waals surface area (Å²) in [6, 6.07) is 14.8. The zero-order valence-electron chi connectivity index (χ0n) is 15.6. The molecule has 0 aliphatic rings. The van der Waals surface area contributed by atoms with Gasteiger partial charge in [-0.25, -0.2) is 4.39 Å². The Morgan fingerprint density at radius 3 is 2.63 bits per heavy atom. The summed E-state index contributed by atoms with van der Waals surface area (Å²) in [5, 5.41) is 3.68. The van der Waals surface area contributed by atoms with Crippen LogP contribution in [0.2, 0.25) is 0 Å². The maximum absolute atomic E-state index is 13.9. The van der Waals surface area contributed by atoms with Crippen molar-refractivity contribution in [1.29, 1.82) is 0 Å². The van der Waals surface area contributed by atoms with Gasteiger partial charge in [-0.15, -0.1) is 6.58 Å². The second kappa shape index (κ2) is 8.12. The number of aromatic nitrogens is 1. The van der Waals surface area contributed by atoms with Gasteiger partial charge in [0, 0.05) is 11.3 Å². The van der Waals surface area contributed by atoms with Crippen LogP contribution in [-0.2, 0) is 11.2 Å². The van der Waals surface area contributed by atoms with Gasteiger partial charge in [-0.2, -0.15) is 0 Å². The number of para-hydroxylation sites is 1. The predicted octanol–water partition coefficient (Wildman–Crippen LogP) is 5.45. The van der Waals surface area contributed by atoms with Crippen molar-refractivity contribution < 1.29 is 9.18 Å². The van der Waals surface area contributed by atoms with Crippen molar-refractivity contribution in [2.75, 3.05) is 5.32 Å². The number of anilines is 1. The molecule has 3 rings (SSSR count). The minimum atomic E-state index is -0.363. The second-order valence-electron chi connectivity index (χ2n) is 6.97. The number of nitrogens with zero attached hydrogens (tertiary/aromatic N) is 1. The normalized spacial score (nSPS) is 12.0. The lowest BCUT2D eigenvalue weighted by Crippen LogP contribution is -2.25. The van der Waals surface area contributed by atoms with Crippen LogP contribution in [0, 0.1) is 18.7 Å². The SMILES string of the molecule is C=C(C)CC(Cc1ccccc1)C(=O)Nc1cnc2c(F)cccc2c1C. The number of pyridine rings is 1. The molecular formula is C23H23FN2O. The van der Waals surface area contributed by atoms with Crippen molar-refractivity contribution in [3.05, 3.63) is 83.8 Å². The Balaban J connectivity index is 1.85. The standard InChI is InChI=1S/C23H23FN2O/c1-15(2)12-18(13-17-8-5-4-6-9-17)23(27)26-21-14-25-22-19(16(21)3)10-7-11-20(22)24/h4-11,14,18H,1,12-13H2,2-3H3,(H,26,27). The molecule has 1 atom stereocenters. The summed E-state index contributed by atoms with van der Waals surface area (Å²) in [6.45, 7) is 7.75. The third-order valence-electron chi connectivity index (χ3n) is 4.67. The molecule has 1 amide bonds. The van der Waals surface area contributed by atoms with Crippen molar-refractivity contribution in [3.8, 4) is 0 Å². The van der Waals surface area contributed by atoms with Crippen LogP contribution in [-0.4, -0.2) is 10.9 Å². The molecule has 0 radical (unpaired) electrons. The monoisotopic (exact) mass is 362 g/mol. The van der Waals surface area contributed by atoms with Crippen LogP contribution >= 0.6 is 0 Å². The van der Waals surface area contributed by atoms with Crippen LogP contribution < -0.4 is 5.32 Å². The van der Waals surface area contributed by atoms with Crippen molar-refractivity contribution in [3.63, 3.8) is 0 Å². The zero-order valence-corrected chi connectivity index (χ0v) is 15.6. The first-order valence-corrected chi connectivity index (χ1v) is 8.98. The molecule has 27 heavy (non-hydrogen) atoms. The van der Waals surface area contributed by atoms with Gasteiger partial charge in [-0.05, 0) is 43.9 Å². The maximum atomic E-state index is 13.9. The third-order valence-corrected chi connectivity index (χ3v) is 4.67. The quantitative estimate of drug-likeness (QED) is 0.593. The Hall–Kier alpha value is -3.01. The fourth-order valence-electron chi connectivity index (χ4n) is 3.26. The van der Waals surface area contributed by atoms with E-state index < -0.39 is 0 Å². The average Bonchev–Trinajstić information content (AvgIpc) is 2.64. The average molecular weight is 362 g/mol. The summed E-state index contributed by atoms with van der Waals surface area (Å²) in [7, 11) is 0. The first-order valence-electron chi connectivity index (χ1n) is 8.98. The molecule has 4 heteroatoms. The fraction of sp³-hybridized carbons (Fsp3) is 0.217. The number of hydrogen-bond acceptors (Lipinski definition) is 2. The molecule has 1 heterocycles. The van der Waals surface area contributed by atoms with E-state index in [2.05, 4.69) is 16.9 Å². The maximum Gasteiger partial charge on any atom is 0.228 e. The molecule has 0 fully saturated rings. The molecular weight excluding hydrogens is 339 g/mol. The number of benzene rings is 2. The number of fused-ring (bicyclic) bond motifs is 1. The van der Waals surface area contributed by atoms with E-state index >= 15 is 0 Å². The highest BCUT2D eigenvalue weighted by atomic mass is 19.1. The Morgan fingerprint density at radius 2 is 1.93 bits per heavy atom. The van der Waals surface area contributed by atoms with Crippen LogP contribution in [0.4, 0.5) is 10.1 Å². The Morgan fingerprint density at radius 1 is 1.19 bits per heavy atom. The van der Waals surface area contributed by atoms with Crippen molar-refractivity contribution in [2.24, 2.45) is 5.92 Å². The molecule has 1 unspecified atom stereocenters. The number of aryl methyl sites for hydroxylation is 1. The molecule has 0 aliphatic carbocycles. The van der Waals surface area contributed by atoms with Crippen molar-refractivity contribution in [2.45, 2.75) is 26.7 Å². The van der Waals surface area contributed by atoms with Crippen LogP contribution in [0.1, 0.15) is 24.5 Å². The summed E-state index contributed by atoms with van der Waals surface area (Å²) in [5.41, 5.74) is 3.80. The zero-order chi connectivity index (χ0) is 19.4. The Labute approximate surface area is 158 Å². The van der Waals surface area contributed by atoms with E-state index in [1.54, 1.807) is 6.07 Å². The van der Waals surface area contributed by atoms with E-state index in [-0.39, 0.29) is 17.6 Å². The number of hydrogen-bond donors (Lipinski definition) is 1. The lowest BCUT2D eigenvalue weighted by molar-refractivity contribution is -0.119. The highest BCUT2D eigenvalue weighted by molar-refractivity contribution is 5.96. The number of allylic oxidation sites excluding steroid dienone is 1. The van der Waals surface area contributed by atoms with Gasteiger partial charge in [-0.1, -0.05) is 48.0 Å². The number of rotatable bonds is 6. The molecule has 3 aromatic rings. The van der Waals surface area contributed by atoms with Crippen molar-refractivity contribution >= 4 is 22.5 Å². The van der Waals surface area contributed by atoms with E-state index in [0.29, 0.717) is 29.4 Å². The number of nitrogens with one attached hydrogen (secondary N) is 1. The molecule has 138 valence electrons. The molecule has 1 aromatic heterocycles. The number of halogens is 1. The fourth-order valence-corrected chi connectivity index (χ4v) is 3.26. The molecule has 2 aromatic carbocycles. The first kappa shape index (κ1) is 18.8. The Kier molecular flexibility index (Phi) is 5.65. The van der Waals surface area contributed by atoms with E-state index in [0.717, 1.165) is 16.7 Å². The van der Waals surface area contributed by atoms with Gasteiger partial charge < -0.3 is 5.32 Å². The summed E-state index contributed by atoms with van der Waals surface area (Å²) in [6.07, 6.45) is 2.77. The first-order chi connectivity index (χ1) is 13.0. The largest absolute Gasteiger partial charge is 0.324 e. The van der Waals surface area contributed by atoms with E-state index in [1.807, 2.05) is 50.2 Å². The molecule has 0 bridgehead atoms. The van der Waals surface area contributed by atoms with Gasteiger partial charge in [0.15, 0.2) is 0 Å². The number of carbonyl (C=O) groups excluding carboxylic acids is 1. The predicted molar refractivity (Wildman–Crippen MR) is 108 cm³/mol. The van der Waals surface area contributed by atoms with Crippen LogP contribution in [0.5, 0.6) is 0 Å². The van der Waals surface area contributed by atoms with Crippen LogP contribution in [0.15, 0.2) is 66.9 Å². The Bertz CT molecular complexity index is 982. The third kappa shape index (κ3) is 4.40. The number of amides is 1. The van der Waals surface area contributed by atoms with Gasteiger partial charge in [0.2, 0.25) is 5.91 Å². The lowest BCUT2D eigenvalue weighted by atomic mass is 9.92. The van der Waals surface area contributed by atoms with Crippen LogP contribution in [0.3, 0.4) is 0 Å². The van der Waals surface area contributed by atoms with E-state index in [1.165, 1.54) is 12.3 Å². The topological polar surface area (TPSA) is 42.0 Å². The van der Waals surface area contributed by atoms with Gasteiger partial charge >= 0.3 is 0 Å². The smallest absolute Gasteiger partial charge is 0.228 e. The molecule has 1 N–H and O–H groups in total. The van der Waals surface area contributed by atoms with Gasteiger partial charge in [0.1, 0.15) is 11.3 Å². The molecule has 0 saturated carbocycles. The molecule has 0 aliphatic heterocycles. The van der Waals surface area contributed by atoms with Gasteiger partial charge in [-0.3, -0.25) is 9.78 Å².